The molecule has 17 heteroatoms. The lowest BCUT2D eigenvalue weighted by molar-refractivity contribution is -0.148. The summed E-state index contributed by atoms with van der Waals surface area (Å²) in [6, 6.07) is -1.21. The van der Waals surface area contributed by atoms with Gasteiger partial charge in [0.2, 0.25) is 0 Å². The molecule has 42 heavy (non-hydrogen) atoms. The zero-order valence-corrected chi connectivity index (χ0v) is 26.1. The van der Waals surface area contributed by atoms with Gasteiger partial charge in [0.25, 0.3) is 0 Å². The summed E-state index contributed by atoms with van der Waals surface area (Å²) >= 11 is 0. The van der Waals surface area contributed by atoms with Gasteiger partial charge in [-0.05, 0) is 30.7 Å². The number of nitrogens with zero attached hydrogens (tertiary/aromatic N) is 2. The summed E-state index contributed by atoms with van der Waals surface area (Å²) in [6.45, 7) is 13.0. The number of hydrogen-bond acceptors (Lipinski definition) is 12. The van der Waals surface area contributed by atoms with E-state index in [0.29, 0.717) is 0 Å². The first-order valence-electron chi connectivity index (χ1n) is 13.3. The Hall–Kier alpha value is -2.46. The Labute approximate surface area is 244 Å². The van der Waals surface area contributed by atoms with Gasteiger partial charge in [-0.3, -0.25) is 24.5 Å². The number of aliphatic hydroxyl groups is 1. The van der Waals surface area contributed by atoms with E-state index in [1.807, 2.05) is 41.5 Å². The molecular weight excluding hydrogens is 578 g/mol. The van der Waals surface area contributed by atoms with Crippen molar-refractivity contribution < 1.29 is 42.4 Å². The van der Waals surface area contributed by atoms with Crippen molar-refractivity contribution in [3.63, 3.8) is 0 Å². The fourth-order valence-corrected chi connectivity index (χ4v) is 5.33. The maximum atomic E-state index is 15.3. The SMILES string of the molecule is C[C@H](NP(=O)(N[C@@H](C)C(=O)OCC(C)(C)C)OC[C@@]1(N)O[C@@H](n2ccc(N)nc2=O)[C@H](O)[C@@H]1F)C(=O)OCC(C)(C)C. The minimum Gasteiger partial charge on any atom is -0.464 e. The Morgan fingerprint density at radius 3 is 2.05 bits per heavy atom. The number of esters is 2. The van der Waals surface area contributed by atoms with E-state index < -0.39 is 68.2 Å². The van der Waals surface area contributed by atoms with Gasteiger partial charge < -0.3 is 29.6 Å². The molecule has 1 aromatic rings. The van der Waals surface area contributed by atoms with Crippen LogP contribution in [-0.4, -0.2) is 76.5 Å². The number of halogens is 1. The predicted octanol–water partition coefficient (Wildman–Crippen LogP) is 0.968. The van der Waals surface area contributed by atoms with E-state index in [9.17, 15) is 24.1 Å². The lowest BCUT2D eigenvalue weighted by atomic mass is 9.99. The van der Waals surface area contributed by atoms with Crippen molar-refractivity contribution in [1.82, 2.24) is 19.7 Å². The molecule has 6 atom stereocenters. The molecule has 1 fully saturated rings. The molecule has 1 aromatic heterocycles. The second kappa shape index (κ2) is 13.5. The van der Waals surface area contributed by atoms with Crippen molar-refractivity contribution in [2.24, 2.45) is 16.6 Å². The molecular formula is C25H44FN6O9P. The largest absolute Gasteiger partial charge is 0.464 e. The predicted molar refractivity (Wildman–Crippen MR) is 150 cm³/mol. The molecule has 1 saturated heterocycles. The van der Waals surface area contributed by atoms with Gasteiger partial charge >= 0.3 is 25.3 Å². The maximum Gasteiger partial charge on any atom is 0.351 e. The molecule has 0 amide bonds. The van der Waals surface area contributed by atoms with Crippen LogP contribution < -0.4 is 27.3 Å². The highest BCUT2D eigenvalue weighted by molar-refractivity contribution is 7.54. The zero-order chi connectivity index (χ0) is 32.3. The molecule has 240 valence electrons. The molecule has 1 aliphatic rings. The number of rotatable bonds is 12. The van der Waals surface area contributed by atoms with Crippen molar-refractivity contribution in [3.8, 4) is 0 Å². The number of hydrogen-bond donors (Lipinski definition) is 5. The monoisotopic (exact) mass is 622 g/mol. The molecule has 0 radical (unpaired) electrons. The number of nitrogen functional groups attached to an aromatic ring is 1. The van der Waals surface area contributed by atoms with E-state index >= 15 is 4.39 Å². The van der Waals surface area contributed by atoms with Gasteiger partial charge in [-0.2, -0.15) is 4.98 Å². The third-order valence-corrected chi connectivity index (χ3v) is 7.67. The van der Waals surface area contributed by atoms with Gasteiger partial charge in [0.15, 0.2) is 18.1 Å². The number of aromatic nitrogens is 2. The van der Waals surface area contributed by atoms with E-state index in [-0.39, 0.29) is 29.9 Å². The topological polar surface area (TPSA) is 219 Å². The van der Waals surface area contributed by atoms with Gasteiger partial charge in [-0.1, -0.05) is 41.5 Å². The molecule has 0 aliphatic carbocycles. The first-order chi connectivity index (χ1) is 19.1. The number of anilines is 1. The first kappa shape index (κ1) is 35.7. The second-order valence-corrected chi connectivity index (χ2v) is 14.6. The van der Waals surface area contributed by atoms with Crippen LogP contribution in [0.2, 0.25) is 0 Å². The summed E-state index contributed by atoms with van der Waals surface area (Å²) in [6.07, 6.45) is -4.75. The normalized spacial score (nSPS) is 24.7. The van der Waals surface area contributed by atoms with Crippen LogP contribution in [0.25, 0.3) is 0 Å². The highest BCUT2D eigenvalue weighted by Crippen LogP contribution is 2.43. The first-order valence-corrected chi connectivity index (χ1v) is 15.0. The average molecular weight is 623 g/mol. The summed E-state index contributed by atoms with van der Waals surface area (Å²) in [5.41, 5.74) is 7.51. The molecule has 2 rings (SSSR count). The van der Waals surface area contributed by atoms with Crippen LogP contribution in [0.1, 0.15) is 61.6 Å². The standard InChI is InChI=1S/C25H44FN6O9P/c1-14(20(34)38-11-23(3,4)5)30-42(37,31-15(2)21(35)39-12-24(6,7)8)40-13-25(28)18(26)17(33)19(41-25)32-10-9-16(27)29-22(32)36/h9-10,14-15,17-19,33H,11-13,28H2,1-8H3,(H2,27,29,36)(H2,30,31,37)/t14-,15-,17+,18-,19+,25+/m0/s1. The summed E-state index contributed by atoms with van der Waals surface area (Å²) in [5, 5.41) is 15.4. The molecule has 2 heterocycles. The molecule has 0 saturated carbocycles. The molecule has 1 aliphatic heterocycles. The van der Waals surface area contributed by atoms with Crippen molar-refractivity contribution in [3.05, 3.63) is 22.7 Å². The Kier molecular flexibility index (Phi) is 11.4. The van der Waals surface area contributed by atoms with Gasteiger partial charge in [-0.15, -0.1) is 0 Å². The minimum absolute atomic E-state index is 0.0634. The van der Waals surface area contributed by atoms with Crippen LogP contribution in [0, 0.1) is 10.8 Å². The quantitative estimate of drug-likeness (QED) is 0.162. The van der Waals surface area contributed by atoms with Gasteiger partial charge in [0, 0.05) is 6.20 Å². The van der Waals surface area contributed by atoms with Crippen LogP contribution >= 0.6 is 7.67 Å². The summed E-state index contributed by atoms with van der Waals surface area (Å²) in [5.74, 6) is -1.65. The Bertz CT molecular complexity index is 1180. The molecule has 0 bridgehead atoms. The van der Waals surface area contributed by atoms with Crippen molar-refractivity contribution in [2.75, 3.05) is 25.6 Å². The maximum absolute atomic E-state index is 15.3. The van der Waals surface area contributed by atoms with E-state index in [2.05, 4.69) is 15.2 Å². The number of nitrogens with two attached hydrogens (primary N) is 2. The van der Waals surface area contributed by atoms with Crippen LogP contribution in [0.15, 0.2) is 17.1 Å². The lowest BCUT2D eigenvalue weighted by Gasteiger charge is -2.31. The van der Waals surface area contributed by atoms with Crippen molar-refractivity contribution >= 4 is 25.4 Å². The number of nitrogens with one attached hydrogen (secondary N) is 2. The highest BCUT2D eigenvalue weighted by Gasteiger charge is 2.55. The summed E-state index contributed by atoms with van der Waals surface area (Å²) in [4.78, 5) is 41.0. The van der Waals surface area contributed by atoms with Crippen LogP contribution in [0.4, 0.5) is 10.2 Å². The summed E-state index contributed by atoms with van der Waals surface area (Å²) < 4.78 is 51.5. The number of carbonyl (C=O) groups excluding carboxylic acids is 2. The van der Waals surface area contributed by atoms with Gasteiger partial charge in [0.05, 0.1) is 13.2 Å². The average Bonchev–Trinajstić information content (AvgIpc) is 3.08. The highest BCUT2D eigenvalue weighted by atomic mass is 31.2. The minimum atomic E-state index is -4.42. The van der Waals surface area contributed by atoms with Crippen LogP contribution in [-0.2, 0) is 32.9 Å². The van der Waals surface area contributed by atoms with Gasteiger partial charge in [-0.25, -0.2) is 19.4 Å². The van der Waals surface area contributed by atoms with E-state index in [1.54, 1.807) is 0 Å². The summed E-state index contributed by atoms with van der Waals surface area (Å²) in [7, 11) is -4.42. The smallest absolute Gasteiger partial charge is 0.351 e. The third-order valence-electron chi connectivity index (χ3n) is 5.73. The number of aliphatic hydroxyl groups excluding tert-OH is 1. The third kappa shape index (κ3) is 10.1. The fraction of sp³-hybridized carbons (Fsp3) is 0.760. The fourth-order valence-electron chi connectivity index (χ4n) is 3.49. The number of ether oxygens (including phenoxy) is 3. The van der Waals surface area contributed by atoms with E-state index in [1.165, 1.54) is 19.9 Å². The molecule has 15 nitrogen and oxygen atoms in total. The van der Waals surface area contributed by atoms with Crippen LogP contribution in [0.5, 0.6) is 0 Å². The zero-order valence-electron chi connectivity index (χ0n) is 25.3. The van der Waals surface area contributed by atoms with Crippen molar-refractivity contribution in [1.29, 1.82) is 0 Å². The van der Waals surface area contributed by atoms with Crippen molar-refractivity contribution in [2.45, 2.75) is 91.7 Å². The molecule has 0 aromatic carbocycles. The molecule has 0 spiro atoms. The molecule has 0 unspecified atom stereocenters. The Morgan fingerprint density at radius 1 is 1.14 bits per heavy atom. The number of alkyl halides is 1. The van der Waals surface area contributed by atoms with Crippen LogP contribution in [0.3, 0.4) is 0 Å². The number of carbonyl (C=O) groups is 2. The van der Waals surface area contributed by atoms with E-state index in [4.69, 9.17) is 30.2 Å². The lowest BCUT2D eigenvalue weighted by Crippen LogP contribution is -2.53. The second-order valence-electron chi connectivity index (χ2n) is 12.8. The Balaban J connectivity index is 2.26. The molecule has 7 N–H and O–H groups in total. The van der Waals surface area contributed by atoms with Gasteiger partial charge in [0.1, 0.15) is 30.6 Å². The van der Waals surface area contributed by atoms with E-state index in [0.717, 1.165) is 10.8 Å². The Morgan fingerprint density at radius 2 is 1.62 bits per heavy atom.